The Bertz CT molecular complexity index is 1580. The first-order chi connectivity index (χ1) is 20.2. The average Bonchev–Trinajstić information content (AvgIpc) is 2.99. The second-order valence-electron chi connectivity index (χ2n) is 9.25. The van der Waals surface area contributed by atoms with Crippen molar-refractivity contribution in [2.75, 3.05) is 26.5 Å². The van der Waals surface area contributed by atoms with Gasteiger partial charge in [-0.25, -0.2) is 17.5 Å². The van der Waals surface area contributed by atoms with Gasteiger partial charge in [0.15, 0.2) is 0 Å². The van der Waals surface area contributed by atoms with Crippen molar-refractivity contribution in [1.82, 2.24) is 9.62 Å². The molecule has 220 valence electrons. The van der Waals surface area contributed by atoms with Crippen LogP contribution in [0, 0.1) is 5.82 Å². The van der Waals surface area contributed by atoms with Crippen LogP contribution in [0.15, 0.2) is 101 Å². The van der Waals surface area contributed by atoms with E-state index in [1.54, 1.807) is 42.1 Å². The summed E-state index contributed by atoms with van der Waals surface area (Å²) in [4.78, 5) is 15.9. The van der Waals surface area contributed by atoms with Gasteiger partial charge in [0.2, 0.25) is 0 Å². The molecule has 0 unspecified atom stereocenters. The Morgan fingerprint density at radius 2 is 1.57 bits per heavy atom. The Morgan fingerprint density at radius 1 is 0.905 bits per heavy atom. The molecule has 0 radical (unpaired) electrons. The van der Waals surface area contributed by atoms with Crippen LogP contribution >= 0.6 is 23.4 Å². The number of halogens is 2. The summed E-state index contributed by atoms with van der Waals surface area (Å²) < 4.78 is 53.0. The van der Waals surface area contributed by atoms with Crippen molar-refractivity contribution in [3.8, 4) is 11.5 Å². The second-order valence-corrected chi connectivity index (χ2v) is 12.5. The Labute approximate surface area is 254 Å². The third kappa shape index (κ3) is 8.48. The standard InChI is InChI=1S/C31H30ClFN2O5S2/c1-39-24-17-23(18-25(19-24)40-2)31(36)34-42(37,38)27-13-11-22(12-14-27)20-35(15-16-41-26-7-4-3-5-8-26)21-28-29(32)9-6-10-30(28)33/h3-14,17-19H,15-16,20-21H2,1-2H3,(H,34,36). The van der Waals surface area contributed by atoms with E-state index in [4.69, 9.17) is 21.1 Å². The van der Waals surface area contributed by atoms with Gasteiger partial charge in [0.05, 0.1) is 19.1 Å². The molecule has 11 heteroatoms. The molecule has 0 fully saturated rings. The van der Waals surface area contributed by atoms with Gasteiger partial charge in [-0.2, -0.15) is 0 Å². The molecule has 4 aromatic rings. The molecule has 0 saturated heterocycles. The largest absolute Gasteiger partial charge is 0.497 e. The zero-order chi connectivity index (χ0) is 30.1. The van der Waals surface area contributed by atoms with Crippen LogP contribution in [-0.2, 0) is 23.1 Å². The lowest BCUT2D eigenvalue weighted by atomic mass is 10.1. The summed E-state index contributed by atoms with van der Waals surface area (Å²) in [6.07, 6.45) is 0. The van der Waals surface area contributed by atoms with Crippen molar-refractivity contribution in [2.45, 2.75) is 22.9 Å². The van der Waals surface area contributed by atoms with Gasteiger partial charge in [-0.15, -0.1) is 11.8 Å². The molecule has 7 nitrogen and oxygen atoms in total. The number of carbonyl (C=O) groups excluding carboxylic acids is 1. The number of nitrogens with zero attached hydrogens (tertiary/aromatic N) is 1. The van der Waals surface area contributed by atoms with E-state index < -0.39 is 15.9 Å². The molecule has 1 N–H and O–H groups in total. The number of methoxy groups -OCH3 is 2. The monoisotopic (exact) mass is 628 g/mol. The van der Waals surface area contributed by atoms with Gasteiger partial charge in [-0.3, -0.25) is 9.69 Å². The normalized spacial score (nSPS) is 11.4. The molecule has 0 saturated carbocycles. The maximum Gasteiger partial charge on any atom is 0.265 e. The molecule has 4 rings (SSSR count). The Morgan fingerprint density at radius 3 is 2.19 bits per heavy atom. The van der Waals surface area contributed by atoms with E-state index in [0.717, 1.165) is 16.2 Å². The number of sulfonamides is 1. The number of hydrogen-bond acceptors (Lipinski definition) is 7. The summed E-state index contributed by atoms with van der Waals surface area (Å²) in [6, 6.07) is 25.2. The van der Waals surface area contributed by atoms with Crippen molar-refractivity contribution in [3.05, 3.63) is 119 Å². The second kappa shape index (κ2) is 14.6. The van der Waals surface area contributed by atoms with E-state index in [-0.39, 0.29) is 22.8 Å². The fourth-order valence-corrected chi connectivity index (χ4v) is 6.27. The molecule has 0 bridgehead atoms. The average molecular weight is 629 g/mol. The molecule has 0 atom stereocenters. The number of thioether (sulfide) groups is 1. The fourth-order valence-electron chi connectivity index (χ4n) is 4.14. The Balaban J connectivity index is 1.47. The number of nitrogens with one attached hydrogen (secondary N) is 1. The molecule has 0 aliphatic heterocycles. The van der Waals surface area contributed by atoms with Crippen molar-refractivity contribution in [1.29, 1.82) is 0 Å². The number of hydrogen-bond donors (Lipinski definition) is 1. The minimum atomic E-state index is -4.16. The third-order valence-corrected chi connectivity index (χ3v) is 9.04. The molecular formula is C31H30ClFN2O5S2. The first-order valence-electron chi connectivity index (χ1n) is 12.9. The number of carbonyl (C=O) groups is 1. The highest BCUT2D eigenvalue weighted by Crippen LogP contribution is 2.25. The minimum absolute atomic E-state index is 0.0715. The van der Waals surface area contributed by atoms with Crippen molar-refractivity contribution in [2.24, 2.45) is 0 Å². The fraction of sp³-hybridized carbons (Fsp3) is 0.194. The van der Waals surface area contributed by atoms with Gasteiger partial charge >= 0.3 is 0 Å². The summed E-state index contributed by atoms with van der Waals surface area (Å²) in [7, 11) is -1.29. The van der Waals surface area contributed by atoms with Gasteiger partial charge in [-0.1, -0.05) is 48.0 Å². The summed E-state index contributed by atoms with van der Waals surface area (Å²) >= 11 is 8.00. The number of amides is 1. The van der Waals surface area contributed by atoms with Crippen LogP contribution in [-0.4, -0.2) is 45.7 Å². The lowest BCUT2D eigenvalue weighted by Crippen LogP contribution is -2.30. The van der Waals surface area contributed by atoms with Crippen LogP contribution in [0.1, 0.15) is 21.5 Å². The number of benzene rings is 4. The molecule has 0 aliphatic carbocycles. The van der Waals surface area contributed by atoms with Crippen LogP contribution in [0.4, 0.5) is 4.39 Å². The Hall–Kier alpha value is -3.57. The van der Waals surface area contributed by atoms with Crippen molar-refractivity contribution < 1.29 is 27.1 Å². The lowest BCUT2D eigenvalue weighted by molar-refractivity contribution is 0.0980. The SMILES string of the molecule is COc1cc(OC)cc(C(=O)NS(=O)(=O)c2ccc(CN(CCSc3ccccc3)Cc3c(F)cccc3Cl)cc2)c1. The summed E-state index contributed by atoms with van der Waals surface area (Å²) in [5.41, 5.74) is 1.29. The molecule has 0 aliphatic rings. The highest BCUT2D eigenvalue weighted by molar-refractivity contribution is 7.99. The predicted octanol–water partition coefficient (Wildman–Crippen LogP) is 6.41. The zero-order valence-electron chi connectivity index (χ0n) is 23.0. The topological polar surface area (TPSA) is 84.9 Å². The van der Waals surface area contributed by atoms with E-state index in [9.17, 15) is 17.6 Å². The maximum atomic E-state index is 14.6. The molecule has 0 aromatic heterocycles. The molecule has 0 spiro atoms. The van der Waals surface area contributed by atoms with E-state index in [0.29, 0.717) is 35.2 Å². The van der Waals surface area contributed by atoms with Crippen molar-refractivity contribution >= 4 is 39.3 Å². The van der Waals surface area contributed by atoms with Crippen LogP contribution in [0.5, 0.6) is 11.5 Å². The van der Waals surface area contributed by atoms with Crippen molar-refractivity contribution in [3.63, 3.8) is 0 Å². The number of ether oxygens (including phenoxy) is 2. The van der Waals surface area contributed by atoms with E-state index in [2.05, 4.69) is 9.62 Å². The van der Waals surface area contributed by atoms with Crippen LogP contribution < -0.4 is 14.2 Å². The quantitative estimate of drug-likeness (QED) is 0.171. The Kier molecular flexibility index (Phi) is 10.9. The summed E-state index contributed by atoms with van der Waals surface area (Å²) in [5, 5.41) is 0.349. The van der Waals surface area contributed by atoms with Gasteiger partial charge < -0.3 is 9.47 Å². The van der Waals surface area contributed by atoms with Crippen LogP contribution in [0.2, 0.25) is 5.02 Å². The van der Waals surface area contributed by atoms with E-state index in [1.807, 2.05) is 30.3 Å². The third-order valence-electron chi connectivity index (χ3n) is 6.34. The number of rotatable bonds is 13. The molecule has 42 heavy (non-hydrogen) atoms. The van der Waals surface area contributed by atoms with Crippen LogP contribution in [0.3, 0.4) is 0 Å². The highest BCUT2D eigenvalue weighted by Gasteiger charge is 2.21. The van der Waals surface area contributed by atoms with Gasteiger partial charge in [0.1, 0.15) is 17.3 Å². The first kappa shape index (κ1) is 31.4. The lowest BCUT2D eigenvalue weighted by Gasteiger charge is -2.23. The molecule has 1 amide bonds. The van der Waals surface area contributed by atoms with E-state index in [1.165, 1.54) is 44.6 Å². The molecular weight excluding hydrogens is 599 g/mol. The van der Waals surface area contributed by atoms with E-state index >= 15 is 0 Å². The van der Waals surface area contributed by atoms with Gasteiger partial charge in [0, 0.05) is 52.5 Å². The first-order valence-corrected chi connectivity index (χ1v) is 15.8. The zero-order valence-corrected chi connectivity index (χ0v) is 25.4. The summed E-state index contributed by atoms with van der Waals surface area (Å²) in [6.45, 7) is 1.33. The molecule has 4 aromatic carbocycles. The predicted molar refractivity (Wildman–Crippen MR) is 163 cm³/mol. The smallest absolute Gasteiger partial charge is 0.265 e. The van der Waals surface area contributed by atoms with Crippen LogP contribution in [0.25, 0.3) is 0 Å². The minimum Gasteiger partial charge on any atom is -0.497 e. The van der Waals surface area contributed by atoms with Gasteiger partial charge in [-0.05, 0) is 54.1 Å². The van der Waals surface area contributed by atoms with Gasteiger partial charge in [0.25, 0.3) is 15.9 Å². The highest BCUT2D eigenvalue weighted by atomic mass is 35.5. The maximum absolute atomic E-state index is 14.6. The summed E-state index contributed by atoms with van der Waals surface area (Å²) in [5.74, 6) is 0.257. The molecule has 0 heterocycles.